The van der Waals surface area contributed by atoms with Crippen molar-refractivity contribution in [2.45, 2.75) is 0 Å². The number of para-hydroxylation sites is 3. The minimum atomic E-state index is 0.566. The number of hydrogen-bond donors (Lipinski definition) is 0. The van der Waals surface area contributed by atoms with Crippen LogP contribution in [-0.2, 0) is 0 Å². The highest BCUT2D eigenvalue weighted by molar-refractivity contribution is 6.28. The summed E-state index contributed by atoms with van der Waals surface area (Å²) in [6.07, 6.45) is 0. The van der Waals surface area contributed by atoms with Gasteiger partial charge in [-0.05, 0) is 101 Å². The van der Waals surface area contributed by atoms with E-state index in [0.717, 1.165) is 121 Å². The van der Waals surface area contributed by atoms with E-state index in [1.807, 2.05) is 66.7 Å². The second-order valence-corrected chi connectivity index (χ2v) is 17.9. The predicted molar refractivity (Wildman–Crippen MR) is 285 cm³/mol. The fourth-order valence-corrected chi connectivity index (χ4v) is 10.9. The largest absolute Gasteiger partial charge is 0.456 e. The quantitative estimate of drug-likeness (QED) is 0.166. The van der Waals surface area contributed by atoms with E-state index in [4.69, 9.17) is 23.8 Å². The average Bonchev–Trinajstić information content (AvgIpc) is 4.18. The molecule has 7 heteroatoms. The van der Waals surface area contributed by atoms with Crippen LogP contribution in [0.25, 0.3) is 144 Å². The van der Waals surface area contributed by atoms with Crippen molar-refractivity contribution in [1.82, 2.24) is 24.1 Å². The van der Waals surface area contributed by atoms with E-state index < -0.39 is 0 Å². The average molecular weight is 896 g/mol. The summed E-state index contributed by atoms with van der Waals surface area (Å²) in [6.45, 7) is 0. The lowest BCUT2D eigenvalue weighted by Crippen LogP contribution is -2.06. The summed E-state index contributed by atoms with van der Waals surface area (Å²) in [6, 6.07) is 78.6. The van der Waals surface area contributed by atoms with Gasteiger partial charge in [-0.2, -0.15) is 9.97 Å². The van der Waals surface area contributed by atoms with Gasteiger partial charge in [0.1, 0.15) is 22.3 Å². The molecule has 10 aromatic carbocycles. The molecule has 0 N–H and O–H groups in total. The number of furan rings is 2. The van der Waals surface area contributed by atoms with Gasteiger partial charge in [0, 0.05) is 59.9 Å². The van der Waals surface area contributed by atoms with E-state index in [-0.39, 0.29) is 0 Å². The van der Waals surface area contributed by atoms with Gasteiger partial charge in [-0.25, -0.2) is 4.98 Å². The molecule has 0 saturated carbocycles. The van der Waals surface area contributed by atoms with E-state index in [1.165, 1.54) is 5.39 Å². The van der Waals surface area contributed by atoms with E-state index in [1.54, 1.807) is 0 Å². The Kier molecular flexibility index (Phi) is 8.23. The van der Waals surface area contributed by atoms with E-state index in [9.17, 15) is 0 Å². The second kappa shape index (κ2) is 15.0. The van der Waals surface area contributed by atoms with Crippen molar-refractivity contribution in [2.75, 3.05) is 0 Å². The van der Waals surface area contributed by atoms with Crippen LogP contribution in [0.15, 0.2) is 233 Å². The third-order valence-corrected chi connectivity index (χ3v) is 14.0. The minimum Gasteiger partial charge on any atom is -0.456 e. The Bertz CT molecular complexity index is 4530. The first-order chi connectivity index (χ1) is 34.7. The van der Waals surface area contributed by atoms with Crippen LogP contribution in [0.4, 0.5) is 0 Å². The molecule has 0 atom stereocenters. The van der Waals surface area contributed by atoms with Crippen LogP contribution in [0.5, 0.6) is 0 Å². The van der Waals surface area contributed by atoms with E-state index in [2.05, 4.69) is 167 Å². The summed E-state index contributed by atoms with van der Waals surface area (Å²) in [5.41, 5.74) is 15.1. The van der Waals surface area contributed by atoms with Gasteiger partial charge in [-0.3, -0.25) is 4.57 Å². The molecule has 7 nitrogen and oxygen atoms in total. The maximum atomic E-state index is 6.65. The van der Waals surface area contributed by atoms with Crippen molar-refractivity contribution in [3.05, 3.63) is 224 Å². The maximum Gasteiger partial charge on any atom is 0.238 e. The molecule has 5 aromatic heterocycles. The molecule has 15 aromatic rings. The van der Waals surface area contributed by atoms with Crippen LogP contribution in [-0.4, -0.2) is 24.1 Å². The molecule has 0 bridgehead atoms. The Morgan fingerprint density at radius 1 is 0.286 bits per heavy atom. The molecule has 0 aliphatic heterocycles. The van der Waals surface area contributed by atoms with Crippen molar-refractivity contribution >= 4 is 87.5 Å². The molecule has 5 heterocycles. The number of hydrogen-bond acceptors (Lipinski definition) is 5. The van der Waals surface area contributed by atoms with Crippen LogP contribution in [0.3, 0.4) is 0 Å². The lowest BCUT2D eigenvalue weighted by atomic mass is 9.95. The van der Waals surface area contributed by atoms with Gasteiger partial charge >= 0.3 is 0 Å². The molecule has 0 aliphatic rings. The summed E-state index contributed by atoms with van der Waals surface area (Å²) >= 11 is 0. The molecule has 0 amide bonds. The van der Waals surface area contributed by atoms with Crippen molar-refractivity contribution in [3.8, 4) is 56.7 Å². The van der Waals surface area contributed by atoms with Crippen LogP contribution < -0.4 is 0 Å². The lowest BCUT2D eigenvalue weighted by Gasteiger charge is -2.11. The molecule has 0 unspecified atom stereocenters. The molecule has 70 heavy (non-hydrogen) atoms. The Hall–Kier alpha value is -9.59. The highest BCUT2D eigenvalue weighted by Crippen LogP contribution is 2.45. The second-order valence-electron chi connectivity index (χ2n) is 17.9. The SMILES string of the molecule is c1ccc(-c2nc(-c3ccccc3)nc(-n3c4ccccc4c4cc(-c5ccc6oc7cccc(-c8ccc9c(c8)c8c%10c(ccc8n9-c8ccccc8)oc8ccccc8%10)c7c6c5)ccc43)n2)cc1. The zero-order valence-electron chi connectivity index (χ0n) is 37.4. The monoisotopic (exact) mass is 895 g/mol. The number of benzene rings is 10. The third kappa shape index (κ3) is 5.79. The molecular weight excluding hydrogens is 859 g/mol. The van der Waals surface area contributed by atoms with Crippen LogP contribution in [0.1, 0.15) is 0 Å². The normalized spacial score (nSPS) is 12.0. The Balaban J connectivity index is 0.903. The van der Waals surface area contributed by atoms with E-state index in [0.29, 0.717) is 17.6 Å². The lowest BCUT2D eigenvalue weighted by molar-refractivity contribution is 0.668. The van der Waals surface area contributed by atoms with Crippen molar-refractivity contribution in [1.29, 1.82) is 0 Å². The summed E-state index contributed by atoms with van der Waals surface area (Å²) < 4.78 is 17.6. The molecule has 0 fully saturated rings. The van der Waals surface area contributed by atoms with Crippen LogP contribution >= 0.6 is 0 Å². The summed E-state index contributed by atoms with van der Waals surface area (Å²) in [7, 11) is 0. The predicted octanol–water partition coefficient (Wildman–Crippen LogP) is 16.5. The number of fused-ring (bicyclic) bond motifs is 13. The topological polar surface area (TPSA) is 74.8 Å². The Morgan fingerprint density at radius 2 is 0.814 bits per heavy atom. The molecule has 0 saturated heterocycles. The van der Waals surface area contributed by atoms with Crippen LogP contribution in [0.2, 0.25) is 0 Å². The fraction of sp³-hybridized carbons (Fsp3) is 0. The molecular formula is C63H37N5O2. The summed E-state index contributed by atoms with van der Waals surface area (Å²) in [5.74, 6) is 1.81. The van der Waals surface area contributed by atoms with Crippen molar-refractivity contribution in [3.63, 3.8) is 0 Å². The van der Waals surface area contributed by atoms with Gasteiger partial charge in [-0.1, -0.05) is 146 Å². The van der Waals surface area contributed by atoms with Crippen LogP contribution in [0, 0.1) is 0 Å². The number of aromatic nitrogens is 5. The standard InChI is InChI=1S/C63H37N5O2/c1-4-15-38(16-5-1)61-64-62(39-17-6-2-7-18-39)66-63(65-61)68-50-24-12-10-21-45(50)47-35-40(27-30-51(47)68)41-29-33-55-49(36-41)58-44(23-14-26-56(58)70-55)42-28-31-52-48(37-42)59-53(67(52)43-19-8-3-9-20-43)32-34-57-60(59)46-22-11-13-25-54(46)69-57/h1-37H. The zero-order chi connectivity index (χ0) is 45.9. The smallest absolute Gasteiger partial charge is 0.238 e. The highest BCUT2D eigenvalue weighted by Gasteiger charge is 2.22. The fourth-order valence-electron chi connectivity index (χ4n) is 10.9. The van der Waals surface area contributed by atoms with Gasteiger partial charge in [-0.15, -0.1) is 0 Å². The minimum absolute atomic E-state index is 0.566. The molecule has 15 rings (SSSR count). The summed E-state index contributed by atoms with van der Waals surface area (Å²) in [4.78, 5) is 15.2. The molecule has 0 radical (unpaired) electrons. The Morgan fingerprint density at radius 3 is 1.57 bits per heavy atom. The first-order valence-electron chi connectivity index (χ1n) is 23.5. The highest BCUT2D eigenvalue weighted by atomic mass is 16.3. The number of nitrogens with zero attached hydrogens (tertiary/aromatic N) is 5. The van der Waals surface area contributed by atoms with E-state index >= 15 is 0 Å². The molecule has 326 valence electrons. The van der Waals surface area contributed by atoms with Gasteiger partial charge < -0.3 is 13.4 Å². The van der Waals surface area contributed by atoms with Crippen molar-refractivity contribution < 1.29 is 8.83 Å². The van der Waals surface area contributed by atoms with Gasteiger partial charge in [0.25, 0.3) is 0 Å². The van der Waals surface area contributed by atoms with Gasteiger partial charge in [0.15, 0.2) is 11.6 Å². The molecule has 0 aliphatic carbocycles. The van der Waals surface area contributed by atoms with Crippen molar-refractivity contribution in [2.24, 2.45) is 0 Å². The number of rotatable bonds is 6. The van der Waals surface area contributed by atoms with Gasteiger partial charge in [0.2, 0.25) is 5.95 Å². The maximum absolute atomic E-state index is 6.65. The Labute approximate surface area is 399 Å². The molecule has 0 spiro atoms. The third-order valence-electron chi connectivity index (χ3n) is 14.0. The van der Waals surface area contributed by atoms with Gasteiger partial charge in [0.05, 0.1) is 22.1 Å². The summed E-state index contributed by atoms with van der Waals surface area (Å²) in [5, 5.41) is 8.95. The first-order valence-corrected chi connectivity index (χ1v) is 23.5. The zero-order valence-corrected chi connectivity index (χ0v) is 37.4. The first kappa shape index (κ1) is 38.5.